The topological polar surface area (TPSA) is 58.8 Å². The lowest BCUT2D eigenvalue weighted by molar-refractivity contribution is 0.0132. The Balaban J connectivity index is 1.83. The number of aromatic nitrogens is 1. The van der Waals surface area contributed by atoms with Crippen molar-refractivity contribution in [1.82, 2.24) is 14.8 Å². The molecule has 1 saturated heterocycles. The van der Waals surface area contributed by atoms with Crippen LogP contribution in [0.25, 0.3) is 0 Å². The number of amides is 1. The van der Waals surface area contributed by atoms with Crippen LogP contribution in [0, 0.1) is 0 Å². The van der Waals surface area contributed by atoms with Crippen molar-refractivity contribution in [2.75, 3.05) is 26.2 Å². The van der Waals surface area contributed by atoms with Gasteiger partial charge in [0, 0.05) is 31.6 Å². The van der Waals surface area contributed by atoms with E-state index in [4.69, 9.17) is 9.15 Å². The van der Waals surface area contributed by atoms with E-state index in [9.17, 15) is 4.79 Å². The quantitative estimate of drug-likeness (QED) is 0.837. The smallest absolute Gasteiger partial charge is 0.410 e. The lowest BCUT2D eigenvalue weighted by atomic mass is 9.94. The van der Waals surface area contributed by atoms with Crippen LogP contribution in [-0.4, -0.2) is 52.7 Å². The number of ether oxygens (including phenoxy) is 1. The molecule has 6 heteroatoms. The molecule has 2 heterocycles. The van der Waals surface area contributed by atoms with E-state index >= 15 is 0 Å². The minimum atomic E-state index is -0.449. The largest absolute Gasteiger partial charge is 0.444 e. The van der Waals surface area contributed by atoms with Crippen molar-refractivity contribution in [3.05, 3.63) is 17.8 Å². The zero-order chi connectivity index (χ0) is 17.3. The molecule has 1 aromatic rings. The van der Waals surface area contributed by atoms with Crippen molar-refractivity contribution in [2.24, 2.45) is 0 Å². The van der Waals surface area contributed by atoms with Gasteiger partial charge >= 0.3 is 6.09 Å². The maximum absolute atomic E-state index is 12.0. The van der Waals surface area contributed by atoms with Gasteiger partial charge in [-0.3, -0.25) is 4.90 Å². The Morgan fingerprint density at radius 1 is 1.17 bits per heavy atom. The first-order chi connectivity index (χ1) is 10.5. The van der Waals surface area contributed by atoms with Gasteiger partial charge in [0.25, 0.3) is 0 Å². The van der Waals surface area contributed by atoms with Crippen molar-refractivity contribution < 1.29 is 13.9 Å². The van der Waals surface area contributed by atoms with Crippen LogP contribution in [0.1, 0.15) is 53.2 Å². The molecule has 1 amide bonds. The number of hydrogen-bond donors (Lipinski definition) is 0. The molecule has 0 unspecified atom stereocenters. The molecule has 1 aliphatic heterocycles. The molecule has 1 aromatic heterocycles. The van der Waals surface area contributed by atoms with Gasteiger partial charge in [0.15, 0.2) is 0 Å². The molecule has 0 N–H and O–H groups in total. The van der Waals surface area contributed by atoms with E-state index in [1.807, 2.05) is 27.0 Å². The summed E-state index contributed by atoms with van der Waals surface area (Å²) >= 11 is 0. The molecule has 6 nitrogen and oxygen atoms in total. The molecule has 130 valence electrons. The van der Waals surface area contributed by atoms with Gasteiger partial charge in [-0.25, -0.2) is 9.78 Å². The Morgan fingerprint density at radius 2 is 1.78 bits per heavy atom. The van der Waals surface area contributed by atoms with Gasteiger partial charge in [0.1, 0.15) is 11.4 Å². The molecular weight excluding hydrogens is 294 g/mol. The molecule has 2 rings (SSSR count). The predicted molar refractivity (Wildman–Crippen MR) is 88.3 cm³/mol. The minimum absolute atomic E-state index is 0.0271. The number of carbonyl (C=O) groups is 1. The van der Waals surface area contributed by atoms with E-state index in [0.29, 0.717) is 19.6 Å². The van der Waals surface area contributed by atoms with Crippen LogP contribution >= 0.6 is 0 Å². The Bertz CT molecular complexity index is 532. The first kappa shape index (κ1) is 17.8. The number of piperazine rings is 1. The standard InChI is InChI=1S/C17H29N3O3/c1-16(2,3)13-11-18-14(22-13)12-19-7-9-20(10-8-19)15(21)23-17(4,5)6/h11H,7-10,12H2,1-6H3. The first-order valence-electron chi connectivity index (χ1n) is 8.20. The van der Waals surface area contributed by atoms with Crippen molar-refractivity contribution in [2.45, 2.75) is 59.1 Å². The van der Waals surface area contributed by atoms with Gasteiger partial charge in [-0.15, -0.1) is 0 Å². The number of carbonyl (C=O) groups excluding carboxylic acids is 1. The lowest BCUT2D eigenvalue weighted by Gasteiger charge is -2.35. The maximum atomic E-state index is 12.0. The third kappa shape index (κ3) is 5.23. The summed E-state index contributed by atoms with van der Waals surface area (Å²) < 4.78 is 11.2. The summed E-state index contributed by atoms with van der Waals surface area (Å²) in [6, 6.07) is 0. The van der Waals surface area contributed by atoms with Crippen molar-refractivity contribution >= 4 is 6.09 Å². The zero-order valence-corrected chi connectivity index (χ0v) is 15.2. The second kappa shape index (κ2) is 6.51. The highest BCUT2D eigenvalue weighted by molar-refractivity contribution is 5.68. The lowest BCUT2D eigenvalue weighted by Crippen LogP contribution is -2.49. The van der Waals surface area contributed by atoms with Gasteiger partial charge in [0.05, 0.1) is 12.7 Å². The van der Waals surface area contributed by atoms with Gasteiger partial charge in [-0.05, 0) is 20.8 Å². The van der Waals surface area contributed by atoms with Gasteiger partial charge in [-0.1, -0.05) is 20.8 Å². The number of rotatable bonds is 2. The molecule has 23 heavy (non-hydrogen) atoms. The average molecular weight is 323 g/mol. The number of oxazole rings is 1. The second-order valence-electron chi connectivity index (χ2n) is 8.11. The van der Waals surface area contributed by atoms with Crippen molar-refractivity contribution in [3.8, 4) is 0 Å². The normalized spacial score (nSPS) is 17.4. The highest BCUT2D eigenvalue weighted by Gasteiger charge is 2.27. The van der Waals surface area contributed by atoms with Crippen LogP contribution < -0.4 is 0 Å². The highest BCUT2D eigenvalue weighted by atomic mass is 16.6. The number of nitrogens with zero attached hydrogens (tertiary/aromatic N) is 3. The van der Waals surface area contributed by atoms with E-state index in [-0.39, 0.29) is 11.5 Å². The summed E-state index contributed by atoms with van der Waals surface area (Å²) in [4.78, 5) is 20.4. The van der Waals surface area contributed by atoms with Crippen LogP contribution in [0.3, 0.4) is 0 Å². The van der Waals surface area contributed by atoms with Crippen LogP contribution in [0.2, 0.25) is 0 Å². The summed E-state index contributed by atoms with van der Waals surface area (Å²) in [5.41, 5.74) is -0.476. The first-order valence-corrected chi connectivity index (χ1v) is 8.20. The monoisotopic (exact) mass is 323 g/mol. The molecule has 1 fully saturated rings. The van der Waals surface area contributed by atoms with Gasteiger partial charge in [0.2, 0.25) is 5.89 Å². The Morgan fingerprint density at radius 3 is 2.26 bits per heavy atom. The van der Waals surface area contributed by atoms with E-state index in [1.165, 1.54) is 0 Å². The predicted octanol–water partition coefficient (Wildman–Crippen LogP) is 3.02. The van der Waals surface area contributed by atoms with Crippen LogP contribution in [0.4, 0.5) is 4.79 Å². The second-order valence-corrected chi connectivity index (χ2v) is 8.11. The summed E-state index contributed by atoms with van der Waals surface area (Å²) in [6.45, 7) is 15.6. The summed E-state index contributed by atoms with van der Waals surface area (Å²) in [6.07, 6.45) is 1.58. The Kier molecular flexibility index (Phi) is 5.04. The molecular formula is C17H29N3O3. The third-order valence-corrected chi connectivity index (χ3v) is 3.68. The van der Waals surface area contributed by atoms with Crippen LogP contribution in [0.5, 0.6) is 0 Å². The SMILES string of the molecule is CC(C)(C)OC(=O)N1CCN(Cc2ncc(C(C)(C)C)o2)CC1. The third-order valence-electron chi connectivity index (χ3n) is 3.68. The van der Waals surface area contributed by atoms with Crippen molar-refractivity contribution in [1.29, 1.82) is 0 Å². The van der Waals surface area contributed by atoms with Crippen LogP contribution in [0.15, 0.2) is 10.6 Å². The van der Waals surface area contributed by atoms with E-state index < -0.39 is 5.60 Å². The molecule has 0 saturated carbocycles. The Labute approximate surface area is 138 Å². The zero-order valence-electron chi connectivity index (χ0n) is 15.2. The number of hydrogen-bond acceptors (Lipinski definition) is 5. The van der Waals surface area contributed by atoms with E-state index in [2.05, 4.69) is 30.7 Å². The Hall–Kier alpha value is -1.56. The summed E-state index contributed by atoms with van der Waals surface area (Å²) in [5, 5.41) is 0. The summed E-state index contributed by atoms with van der Waals surface area (Å²) in [7, 11) is 0. The average Bonchev–Trinajstić information content (AvgIpc) is 2.86. The van der Waals surface area contributed by atoms with Gasteiger partial charge in [-0.2, -0.15) is 0 Å². The minimum Gasteiger partial charge on any atom is -0.444 e. The molecule has 0 atom stereocenters. The molecule has 1 aliphatic rings. The molecule has 0 bridgehead atoms. The summed E-state index contributed by atoms with van der Waals surface area (Å²) in [5.74, 6) is 1.64. The highest BCUT2D eigenvalue weighted by Crippen LogP contribution is 2.23. The fourth-order valence-electron chi connectivity index (χ4n) is 2.34. The van der Waals surface area contributed by atoms with E-state index in [0.717, 1.165) is 24.7 Å². The van der Waals surface area contributed by atoms with E-state index in [1.54, 1.807) is 4.90 Å². The molecule has 0 radical (unpaired) electrons. The maximum Gasteiger partial charge on any atom is 0.410 e. The molecule has 0 spiro atoms. The molecule has 0 aromatic carbocycles. The molecule has 0 aliphatic carbocycles. The van der Waals surface area contributed by atoms with Gasteiger partial charge < -0.3 is 14.1 Å². The fraction of sp³-hybridized carbons (Fsp3) is 0.765. The fourth-order valence-corrected chi connectivity index (χ4v) is 2.34. The van der Waals surface area contributed by atoms with Crippen LogP contribution in [-0.2, 0) is 16.7 Å². The van der Waals surface area contributed by atoms with Crippen molar-refractivity contribution in [3.63, 3.8) is 0 Å².